The van der Waals surface area contributed by atoms with Gasteiger partial charge in [-0.3, -0.25) is 4.79 Å². The average molecular weight is 313 g/mol. The van der Waals surface area contributed by atoms with E-state index < -0.39 is 5.91 Å². The zero-order valence-corrected chi connectivity index (χ0v) is 12.4. The summed E-state index contributed by atoms with van der Waals surface area (Å²) >= 11 is 6.15. The molecule has 110 valence electrons. The van der Waals surface area contributed by atoms with Crippen molar-refractivity contribution in [2.75, 3.05) is 0 Å². The van der Waals surface area contributed by atoms with Crippen LogP contribution < -0.4 is 10.5 Å². The molecule has 0 saturated carbocycles. The van der Waals surface area contributed by atoms with E-state index in [2.05, 4.69) is 0 Å². The Bertz CT molecular complexity index is 749. The number of nitrogens with zero attached hydrogens (tertiary/aromatic N) is 1. The van der Waals surface area contributed by atoms with Gasteiger partial charge >= 0.3 is 0 Å². The summed E-state index contributed by atoms with van der Waals surface area (Å²) < 4.78 is 5.65. The van der Waals surface area contributed by atoms with Crippen molar-refractivity contribution in [3.05, 3.63) is 70.3 Å². The molecule has 0 unspecified atom stereocenters. The van der Waals surface area contributed by atoms with Crippen molar-refractivity contribution >= 4 is 23.6 Å². The van der Waals surface area contributed by atoms with Gasteiger partial charge in [-0.25, -0.2) is 0 Å². The van der Waals surface area contributed by atoms with Crippen LogP contribution >= 0.6 is 11.6 Å². The monoisotopic (exact) mass is 312 g/mol. The Kier molecular flexibility index (Phi) is 5.18. The minimum absolute atomic E-state index is 0.131. The molecule has 0 saturated heterocycles. The number of hydrogen-bond acceptors (Lipinski definition) is 3. The SMILES string of the molecule is N#CC(=Cc1ccc(OCc2ccccc2)c(Cl)c1)C(N)=O. The highest BCUT2D eigenvalue weighted by atomic mass is 35.5. The number of rotatable bonds is 5. The van der Waals surface area contributed by atoms with Gasteiger partial charge in [0, 0.05) is 0 Å². The highest BCUT2D eigenvalue weighted by Gasteiger charge is 2.06. The van der Waals surface area contributed by atoms with Gasteiger partial charge in [-0.1, -0.05) is 48.0 Å². The predicted molar refractivity (Wildman–Crippen MR) is 85.0 cm³/mol. The molecule has 22 heavy (non-hydrogen) atoms. The Morgan fingerprint density at radius 2 is 2.00 bits per heavy atom. The number of benzene rings is 2. The number of primary amides is 1. The van der Waals surface area contributed by atoms with E-state index in [9.17, 15) is 4.79 Å². The average Bonchev–Trinajstić information content (AvgIpc) is 2.52. The smallest absolute Gasteiger partial charge is 0.259 e. The number of halogens is 1. The van der Waals surface area contributed by atoms with Crippen LogP contribution in [0.25, 0.3) is 6.08 Å². The second-order valence-electron chi connectivity index (χ2n) is 4.50. The Labute approximate surface area is 133 Å². The molecule has 0 heterocycles. The number of ether oxygens (including phenoxy) is 1. The van der Waals surface area contributed by atoms with Crippen molar-refractivity contribution in [2.45, 2.75) is 6.61 Å². The molecule has 0 radical (unpaired) electrons. The number of hydrogen-bond donors (Lipinski definition) is 1. The van der Waals surface area contributed by atoms with E-state index in [-0.39, 0.29) is 5.57 Å². The standard InChI is InChI=1S/C17H13ClN2O2/c18-15-9-13(8-14(10-19)17(20)21)6-7-16(15)22-11-12-4-2-1-3-5-12/h1-9H,11H2,(H2,20,21). The zero-order valence-electron chi connectivity index (χ0n) is 11.6. The minimum atomic E-state index is -0.775. The summed E-state index contributed by atoms with van der Waals surface area (Å²) in [6, 6.07) is 16.5. The Morgan fingerprint density at radius 3 is 2.59 bits per heavy atom. The van der Waals surface area contributed by atoms with E-state index in [1.54, 1.807) is 24.3 Å². The van der Waals surface area contributed by atoms with Crippen LogP contribution in [-0.4, -0.2) is 5.91 Å². The molecule has 0 aliphatic carbocycles. The van der Waals surface area contributed by atoms with Crippen LogP contribution in [0, 0.1) is 11.3 Å². The fourth-order valence-corrected chi connectivity index (χ4v) is 2.03. The number of nitrogens with two attached hydrogens (primary N) is 1. The highest BCUT2D eigenvalue weighted by Crippen LogP contribution is 2.27. The summed E-state index contributed by atoms with van der Waals surface area (Å²) in [5.74, 6) is -0.247. The summed E-state index contributed by atoms with van der Waals surface area (Å²) in [4.78, 5) is 11.0. The van der Waals surface area contributed by atoms with Gasteiger partial charge < -0.3 is 10.5 Å². The second-order valence-corrected chi connectivity index (χ2v) is 4.91. The zero-order chi connectivity index (χ0) is 15.9. The van der Waals surface area contributed by atoms with Crippen molar-refractivity contribution in [3.63, 3.8) is 0 Å². The lowest BCUT2D eigenvalue weighted by atomic mass is 10.1. The first-order chi connectivity index (χ1) is 10.6. The predicted octanol–water partition coefficient (Wildman–Crippen LogP) is 3.31. The minimum Gasteiger partial charge on any atom is -0.487 e. The Hall–Kier alpha value is -2.77. The van der Waals surface area contributed by atoms with Crippen LogP contribution in [0.5, 0.6) is 5.75 Å². The van der Waals surface area contributed by atoms with E-state index in [4.69, 9.17) is 27.3 Å². The molecule has 0 bridgehead atoms. The maximum Gasteiger partial charge on any atom is 0.259 e. The maximum absolute atomic E-state index is 11.0. The first kappa shape index (κ1) is 15.6. The Morgan fingerprint density at radius 1 is 1.27 bits per heavy atom. The fraction of sp³-hybridized carbons (Fsp3) is 0.0588. The molecule has 4 nitrogen and oxygen atoms in total. The molecule has 5 heteroatoms. The number of carbonyl (C=O) groups is 1. The van der Waals surface area contributed by atoms with Crippen LogP contribution in [-0.2, 0) is 11.4 Å². The third-order valence-electron chi connectivity index (χ3n) is 2.89. The molecule has 1 amide bonds. The van der Waals surface area contributed by atoms with Gasteiger partial charge in [0.25, 0.3) is 5.91 Å². The van der Waals surface area contributed by atoms with E-state index in [1.807, 2.05) is 30.3 Å². The number of nitriles is 1. The topological polar surface area (TPSA) is 76.1 Å². The van der Waals surface area contributed by atoms with E-state index >= 15 is 0 Å². The van der Waals surface area contributed by atoms with Gasteiger partial charge in [-0.05, 0) is 29.3 Å². The number of carbonyl (C=O) groups excluding carboxylic acids is 1. The van der Waals surface area contributed by atoms with Gasteiger partial charge in [0.1, 0.15) is 24.0 Å². The summed E-state index contributed by atoms with van der Waals surface area (Å²) in [7, 11) is 0. The summed E-state index contributed by atoms with van der Waals surface area (Å²) in [6.45, 7) is 0.403. The summed E-state index contributed by atoms with van der Waals surface area (Å²) in [5, 5.41) is 9.21. The van der Waals surface area contributed by atoms with E-state index in [1.165, 1.54) is 6.08 Å². The molecular weight excluding hydrogens is 300 g/mol. The van der Waals surface area contributed by atoms with Gasteiger partial charge in [-0.15, -0.1) is 0 Å². The number of amides is 1. The molecule has 0 atom stereocenters. The van der Waals surface area contributed by atoms with Crippen LogP contribution in [0.2, 0.25) is 5.02 Å². The van der Waals surface area contributed by atoms with Crippen LogP contribution in [0.4, 0.5) is 0 Å². The lowest BCUT2D eigenvalue weighted by Crippen LogP contribution is -2.12. The molecule has 0 aliphatic rings. The lowest BCUT2D eigenvalue weighted by molar-refractivity contribution is -0.114. The molecule has 2 rings (SSSR count). The molecule has 0 spiro atoms. The van der Waals surface area contributed by atoms with E-state index in [0.717, 1.165) is 5.56 Å². The normalized spacial score (nSPS) is 10.8. The quantitative estimate of drug-likeness (QED) is 0.679. The van der Waals surface area contributed by atoms with Crippen LogP contribution in [0.3, 0.4) is 0 Å². The molecule has 2 N–H and O–H groups in total. The van der Waals surface area contributed by atoms with Gasteiger partial charge in [0.05, 0.1) is 5.02 Å². The first-order valence-electron chi connectivity index (χ1n) is 6.48. The summed E-state index contributed by atoms with van der Waals surface area (Å²) in [6.07, 6.45) is 1.38. The highest BCUT2D eigenvalue weighted by molar-refractivity contribution is 6.32. The largest absolute Gasteiger partial charge is 0.487 e. The van der Waals surface area contributed by atoms with Gasteiger partial charge in [0.2, 0.25) is 0 Å². The summed E-state index contributed by atoms with van der Waals surface area (Å²) in [5.41, 5.74) is 6.59. The van der Waals surface area contributed by atoms with Crippen molar-refractivity contribution in [1.29, 1.82) is 5.26 Å². The fourth-order valence-electron chi connectivity index (χ4n) is 1.78. The van der Waals surface area contributed by atoms with Crippen molar-refractivity contribution in [3.8, 4) is 11.8 Å². The first-order valence-corrected chi connectivity index (χ1v) is 6.86. The molecule has 0 fully saturated rings. The third-order valence-corrected chi connectivity index (χ3v) is 3.19. The van der Waals surface area contributed by atoms with Crippen LogP contribution in [0.1, 0.15) is 11.1 Å². The molecule has 2 aromatic rings. The van der Waals surface area contributed by atoms with Crippen LogP contribution in [0.15, 0.2) is 54.1 Å². The van der Waals surface area contributed by atoms with E-state index in [0.29, 0.717) is 22.9 Å². The molecular formula is C17H13ClN2O2. The maximum atomic E-state index is 11.0. The van der Waals surface area contributed by atoms with Crippen molar-refractivity contribution in [2.24, 2.45) is 5.73 Å². The van der Waals surface area contributed by atoms with Crippen molar-refractivity contribution < 1.29 is 9.53 Å². The Balaban J connectivity index is 2.13. The molecule has 0 aromatic heterocycles. The molecule has 0 aliphatic heterocycles. The third kappa shape index (κ3) is 4.11. The second kappa shape index (κ2) is 7.30. The lowest BCUT2D eigenvalue weighted by Gasteiger charge is -2.08. The van der Waals surface area contributed by atoms with Crippen molar-refractivity contribution in [1.82, 2.24) is 0 Å². The van der Waals surface area contributed by atoms with Gasteiger partial charge in [0.15, 0.2) is 0 Å². The molecule has 2 aromatic carbocycles. The van der Waals surface area contributed by atoms with Gasteiger partial charge in [-0.2, -0.15) is 5.26 Å².